The molecule has 0 aromatic heterocycles. The Morgan fingerprint density at radius 2 is 1.70 bits per heavy atom. The number of nitrogens with one attached hydrogen (secondary N) is 1. The van der Waals surface area contributed by atoms with Crippen LogP contribution >= 0.6 is 0 Å². The molecule has 134 valence electrons. The smallest absolute Gasteiger partial charge is 0.280 e. The summed E-state index contributed by atoms with van der Waals surface area (Å²) in [6, 6.07) is -0.253. The number of nitrogens with zero attached hydrogens (tertiary/aromatic N) is 2. The second kappa shape index (κ2) is 7.43. The topological polar surface area (TPSA) is 35.6 Å². The number of carbonyl (C=O) groups is 1. The molecule has 0 saturated carbocycles. The fourth-order valence-corrected chi connectivity index (χ4v) is 3.56. The van der Waals surface area contributed by atoms with Gasteiger partial charge in [-0.3, -0.25) is 9.69 Å². The number of amides is 1. The van der Waals surface area contributed by atoms with Gasteiger partial charge in [-0.2, -0.15) is 0 Å². The largest absolute Gasteiger partial charge is 0.347 e. The highest BCUT2D eigenvalue weighted by Crippen LogP contribution is 2.31. The minimum absolute atomic E-state index is 0.234. The minimum atomic E-state index is -2.85. The van der Waals surface area contributed by atoms with Crippen LogP contribution < -0.4 is 5.32 Å². The summed E-state index contributed by atoms with van der Waals surface area (Å²) < 4.78 is 28.9. The molecule has 2 aliphatic rings. The molecular formula is C17H31F2N3O. The normalized spacial score (nSPS) is 27.6. The van der Waals surface area contributed by atoms with Crippen molar-refractivity contribution in [2.24, 2.45) is 5.92 Å². The van der Waals surface area contributed by atoms with Crippen molar-refractivity contribution < 1.29 is 13.6 Å². The minimum Gasteiger partial charge on any atom is -0.347 e. The van der Waals surface area contributed by atoms with E-state index in [1.807, 2.05) is 4.90 Å². The molecule has 6 heteroatoms. The van der Waals surface area contributed by atoms with Crippen molar-refractivity contribution >= 4 is 5.91 Å². The number of carbonyl (C=O) groups excluding carboxylic acids is 1. The summed E-state index contributed by atoms with van der Waals surface area (Å²) in [5, 5.41) is 2.53. The van der Waals surface area contributed by atoms with Gasteiger partial charge in [0.2, 0.25) is 5.91 Å². The van der Waals surface area contributed by atoms with E-state index in [2.05, 4.69) is 24.1 Å². The molecule has 4 nitrogen and oxygen atoms in total. The summed E-state index contributed by atoms with van der Waals surface area (Å²) in [6.07, 6.45) is 2.24. The predicted octanol–water partition coefficient (Wildman–Crippen LogP) is 2.34. The summed E-state index contributed by atoms with van der Waals surface area (Å²) in [6.45, 7) is 10.2. The number of likely N-dealkylation sites (tertiary alicyclic amines) is 2. The average Bonchev–Trinajstić information content (AvgIpc) is 2.48. The van der Waals surface area contributed by atoms with Crippen molar-refractivity contribution in [2.75, 3.05) is 26.2 Å². The first-order valence-corrected chi connectivity index (χ1v) is 8.87. The zero-order chi connectivity index (χ0) is 17.2. The predicted molar refractivity (Wildman–Crippen MR) is 87.6 cm³/mol. The summed E-state index contributed by atoms with van der Waals surface area (Å²) in [7, 11) is 0. The van der Waals surface area contributed by atoms with Crippen LogP contribution in [0.2, 0.25) is 0 Å². The van der Waals surface area contributed by atoms with Crippen molar-refractivity contribution in [2.45, 2.75) is 71.0 Å². The third kappa shape index (κ3) is 4.63. The Kier molecular flexibility index (Phi) is 6.00. The number of hydrogen-bond donors (Lipinski definition) is 1. The Hall–Kier alpha value is -0.750. The quantitative estimate of drug-likeness (QED) is 0.859. The Morgan fingerprint density at radius 1 is 1.09 bits per heavy atom. The monoisotopic (exact) mass is 331 g/mol. The lowest BCUT2D eigenvalue weighted by molar-refractivity contribution is -0.135. The van der Waals surface area contributed by atoms with E-state index < -0.39 is 12.0 Å². The van der Waals surface area contributed by atoms with Gasteiger partial charge in [0.1, 0.15) is 0 Å². The van der Waals surface area contributed by atoms with Gasteiger partial charge < -0.3 is 10.2 Å². The van der Waals surface area contributed by atoms with Gasteiger partial charge >= 0.3 is 0 Å². The molecular weight excluding hydrogens is 300 g/mol. The average molecular weight is 331 g/mol. The van der Waals surface area contributed by atoms with Gasteiger partial charge in [0, 0.05) is 24.5 Å². The number of hydrogen-bond acceptors (Lipinski definition) is 3. The molecule has 2 saturated heterocycles. The summed E-state index contributed by atoms with van der Waals surface area (Å²) in [5.74, 6) is -3.39. The molecule has 2 rings (SSSR count). The lowest BCUT2D eigenvalue weighted by Gasteiger charge is -2.45. The molecule has 0 aromatic carbocycles. The second-order valence-corrected chi connectivity index (χ2v) is 7.60. The fraction of sp³-hybridized carbons (Fsp3) is 0.941. The SMILES string of the molecule is CC(C)C(=O)NC1CCN(C2CCN(C(C)C)CC2)CC1(F)F. The van der Waals surface area contributed by atoms with E-state index in [0.717, 1.165) is 25.9 Å². The molecule has 1 N–H and O–H groups in total. The van der Waals surface area contributed by atoms with Crippen LogP contribution in [0, 0.1) is 5.92 Å². The molecule has 2 heterocycles. The first-order valence-electron chi connectivity index (χ1n) is 8.87. The standard InChI is InChI=1S/C17H31F2N3O/c1-12(2)16(23)20-15-7-10-22(11-17(15,18)19)14-5-8-21(9-6-14)13(3)4/h12-15H,5-11H2,1-4H3,(H,20,23). The third-order valence-electron chi connectivity index (χ3n) is 5.22. The van der Waals surface area contributed by atoms with Crippen LogP contribution in [0.15, 0.2) is 0 Å². The van der Waals surface area contributed by atoms with E-state index in [1.54, 1.807) is 13.8 Å². The fourth-order valence-electron chi connectivity index (χ4n) is 3.56. The van der Waals surface area contributed by atoms with Crippen molar-refractivity contribution in [3.63, 3.8) is 0 Å². The zero-order valence-electron chi connectivity index (χ0n) is 14.8. The maximum Gasteiger partial charge on any atom is 0.280 e. The Balaban J connectivity index is 1.88. The maximum absolute atomic E-state index is 14.4. The lowest BCUT2D eigenvalue weighted by atomic mass is 9.94. The molecule has 2 aliphatic heterocycles. The summed E-state index contributed by atoms with van der Waals surface area (Å²) >= 11 is 0. The number of piperidine rings is 2. The van der Waals surface area contributed by atoms with E-state index in [4.69, 9.17) is 0 Å². The first kappa shape index (κ1) is 18.6. The highest BCUT2D eigenvalue weighted by molar-refractivity contribution is 5.78. The highest BCUT2D eigenvalue weighted by atomic mass is 19.3. The van der Waals surface area contributed by atoms with E-state index in [9.17, 15) is 13.6 Å². The Bertz CT molecular complexity index is 407. The van der Waals surface area contributed by atoms with E-state index >= 15 is 0 Å². The van der Waals surface area contributed by atoms with Crippen molar-refractivity contribution in [1.29, 1.82) is 0 Å². The molecule has 23 heavy (non-hydrogen) atoms. The molecule has 1 atom stereocenters. The highest BCUT2D eigenvalue weighted by Gasteiger charge is 2.47. The van der Waals surface area contributed by atoms with Crippen LogP contribution in [0.5, 0.6) is 0 Å². The van der Waals surface area contributed by atoms with Gasteiger partial charge in [-0.1, -0.05) is 13.8 Å². The van der Waals surface area contributed by atoms with Crippen molar-refractivity contribution in [1.82, 2.24) is 15.1 Å². The van der Waals surface area contributed by atoms with Gasteiger partial charge in [-0.15, -0.1) is 0 Å². The number of rotatable bonds is 4. The first-order chi connectivity index (χ1) is 10.7. The van der Waals surface area contributed by atoms with E-state index in [0.29, 0.717) is 19.0 Å². The molecule has 0 spiro atoms. The zero-order valence-corrected chi connectivity index (χ0v) is 14.8. The van der Waals surface area contributed by atoms with Crippen LogP contribution in [0.3, 0.4) is 0 Å². The van der Waals surface area contributed by atoms with E-state index in [-0.39, 0.29) is 24.4 Å². The van der Waals surface area contributed by atoms with Crippen molar-refractivity contribution in [3.05, 3.63) is 0 Å². The summed E-state index contributed by atoms with van der Waals surface area (Å²) in [4.78, 5) is 16.1. The molecule has 0 aromatic rings. The molecule has 0 bridgehead atoms. The molecule has 0 aliphatic carbocycles. The second-order valence-electron chi connectivity index (χ2n) is 7.60. The number of alkyl halides is 2. The van der Waals surface area contributed by atoms with Gasteiger partial charge in [-0.25, -0.2) is 8.78 Å². The lowest BCUT2D eigenvalue weighted by Crippen LogP contribution is -2.61. The van der Waals surface area contributed by atoms with Crippen LogP contribution in [0.25, 0.3) is 0 Å². The Labute approximate surface area is 138 Å². The molecule has 1 unspecified atom stereocenters. The maximum atomic E-state index is 14.4. The molecule has 1 amide bonds. The number of halogens is 2. The molecule has 2 fully saturated rings. The summed E-state index contributed by atoms with van der Waals surface area (Å²) in [5.41, 5.74) is 0. The van der Waals surface area contributed by atoms with Gasteiger partial charge in [0.25, 0.3) is 5.92 Å². The van der Waals surface area contributed by atoms with Gasteiger partial charge in [0.15, 0.2) is 0 Å². The third-order valence-corrected chi connectivity index (χ3v) is 5.22. The Morgan fingerprint density at radius 3 is 2.17 bits per heavy atom. The van der Waals surface area contributed by atoms with Crippen LogP contribution in [-0.4, -0.2) is 65.9 Å². The van der Waals surface area contributed by atoms with Crippen LogP contribution in [-0.2, 0) is 4.79 Å². The van der Waals surface area contributed by atoms with Crippen LogP contribution in [0.4, 0.5) is 8.78 Å². The van der Waals surface area contributed by atoms with Crippen molar-refractivity contribution in [3.8, 4) is 0 Å². The van der Waals surface area contributed by atoms with E-state index in [1.165, 1.54) is 0 Å². The van der Waals surface area contributed by atoms with Crippen LogP contribution in [0.1, 0.15) is 47.0 Å². The van der Waals surface area contributed by atoms with Gasteiger partial charge in [0.05, 0.1) is 12.6 Å². The van der Waals surface area contributed by atoms with Gasteiger partial charge in [-0.05, 0) is 46.2 Å². The molecule has 0 radical (unpaired) electrons.